The number of benzene rings is 2. The number of hydrogen-bond acceptors (Lipinski definition) is 7. The summed E-state index contributed by atoms with van der Waals surface area (Å²) in [7, 11) is 0. The smallest absolute Gasteiger partial charge is 0.408 e. The number of unbranched alkanes of at least 4 members (excludes halogenated alkanes) is 3. The molecule has 5 amide bonds. The maximum absolute atomic E-state index is 13.9. The van der Waals surface area contributed by atoms with Gasteiger partial charge in [0.2, 0.25) is 5.91 Å². The predicted octanol–water partition coefficient (Wildman–Crippen LogP) is 6.74. The predicted molar refractivity (Wildman–Crippen MR) is 207 cm³/mol. The number of carbonyl (C=O) groups is 4. The van der Waals surface area contributed by atoms with Gasteiger partial charge in [0.05, 0.1) is 17.1 Å². The highest BCUT2D eigenvalue weighted by Gasteiger charge is 2.35. The first kappa shape index (κ1) is 37.9. The molecule has 4 aromatic rings. The van der Waals surface area contributed by atoms with E-state index in [-0.39, 0.29) is 17.8 Å². The topological polar surface area (TPSA) is 160 Å². The van der Waals surface area contributed by atoms with Crippen LogP contribution in [0.3, 0.4) is 0 Å². The molecule has 1 unspecified atom stereocenters. The van der Waals surface area contributed by atoms with Gasteiger partial charge in [-0.3, -0.25) is 24.5 Å². The molecule has 282 valence electrons. The molecular formula is C41H48N8O5. The van der Waals surface area contributed by atoms with Gasteiger partial charge in [0.25, 0.3) is 5.91 Å². The SMILES string of the molecule is C[C@@H](C(=O)NCCCCCCN1N=C(c2ccc(NC(=O)N3Cc4ccncc4C3)cc2)CC(c2ccc3cccnc3c2)C1=O)N(C(=O)O)C(C)(C)C. The van der Waals surface area contributed by atoms with Gasteiger partial charge >= 0.3 is 12.1 Å². The molecule has 2 aromatic heterocycles. The van der Waals surface area contributed by atoms with E-state index in [2.05, 4.69) is 20.6 Å². The third-order valence-electron chi connectivity index (χ3n) is 10.00. The van der Waals surface area contributed by atoms with Gasteiger partial charge < -0.3 is 20.6 Å². The number of nitrogens with one attached hydrogen (secondary N) is 2. The maximum Gasteiger partial charge on any atom is 0.408 e. The Balaban J connectivity index is 1.08. The summed E-state index contributed by atoms with van der Waals surface area (Å²) in [4.78, 5) is 63.0. The average Bonchev–Trinajstić information content (AvgIpc) is 3.59. The molecule has 2 aliphatic heterocycles. The fourth-order valence-corrected chi connectivity index (χ4v) is 7.15. The molecular weight excluding hydrogens is 685 g/mol. The minimum Gasteiger partial charge on any atom is -0.465 e. The normalized spacial score (nSPS) is 16.1. The summed E-state index contributed by atoms with van der Waals surface area (Å²) in [6.45, 7) is 8.81. The van der Waals surface area contributed by atoms with Crippen molar-refractivity contribution in [1.82, 2.24) is 30.1 Å². The Labute approximate surface area is 315 Å². The molecule has 0 saturated carbocycles. The zero-order chi connectivity index (χ0) is 38.4. The number of rotatable bonds is 12. The first-order valence-electron chi connectivity index (χ1n) is 18.5. The van der Waals surface area contributed by atoms with Gasteiger partial charge in [-0.2, -0.15) is 5.10 Å². The molecule has 2 aliphatic rings. The molecule has 54 heavy (non-hydrogen) atoms. The zero-order valence-corrected chi connectivity index (χ0v) is 31.3. The second-order valence-corrected chi connectivity index (χ2v) is 14.9. The first-order chi connectivity index (χ1) is 25.9. The highest BCUT2D eigenvalue weighted by atomic mass is 16.4. The molecule has 2 aromatic carbocycles. The van der Waals surface area contributed by atoms with Crippen molar-refractivity contribution in [2.45, 2.75) is 90.4 Å². The van der Waals surface area contributed by atoms with E-state index in [1.807, 2.05) is 60.7 Å². The maximum atomic E-state index is 13.9. The third kappa shape index (κ3) is 8.84. The number of hydrogen-bond donors (Lipinski definition) is 3. The van der Waals surface area contributed by atoms with Crippen LogP contribution in [0.25, 0.3) is 10.9 Å². The summed E-state index contributed by atoms with van der Waals surface area (Å²) in [6, 6.07) is 18.4. The first-order valence-corrected chi connectivity index (χ1v) is 18.5. The van der Waals surface area contributed by atoms with Crippen molar-refractivity contribution in [3.63, 3.8) is 0 Å². The third-order valence-corrected chi connectivity index (χ3v) is 10.00. The van der Waals surface area contributed by atoms with Crippen LogP contribution in [0.2, 0.25) is 0 Å². The highest BCUT2D eigenvalue weighted by molar-refractivity contribution is 6.06. The fraction of sp³-hybridized carbons (Fsp3) is 0.390. The van der Waals surface area contributed by atoms with Crippen LogP contribution in [0.15, 0.2) is 84.4 Å². The van der Waals surface area contributed by atoms with Crippen LogP contribution < -0.4 is 10.6 Å². The molecule has 0 radical (unpaired) electrons. The summed E-state index contributed by atoms with van der Waals surface area (Å²) >= 11 is 0. The van der Waals surface area contributed by atoms with Crippen molar-refractivity contribution in [1.29, 1.82) is 0 Å². The van der Waals surface area contributed by atoms with Crippen LogP contribution in [0, 0.1) is 0 Å². The van der Waals surface area contributed by atoms with E-state index in [1.165, 1.54) is 0 Å². The van der Waals surface area contributed by atoms with Crippen molar-refractivity contribution in [3.05, 3.63) is 102 Å². The number of fused-ring (bicyclic) bond motifs is 2. The lowest BCUT2D eigenvalue weighted by molar-refractivity contribution is -0.133. The van der Waals surface area contributed by atoms with Crippen molar-refractivity contribution in [2.24, 2.45) is 5.10 Å². The zero-order valence-electron chi connectivity index (χ0n) is 31.3. The van der Waals surface area contributed by atoms with Gasteiger partial charge in [0.1, 0.15) is 6.04 Å². The lowest BCUT2D eigenvalue weighted by atomic mass is 9.88. The van der Waals surface area contributed by atoms with Crippen LogP contribution >= 0.6 is 0 Å². The number of nitrogens with zero attached hydrogens (tertiary/aromatic N) is 6. The molecule has 4 heterocycles. The van der Waals surface area contributed by atoms with Crippen LogP contribution in [0.1, 0.15) is 88.0 Å². The van der Waals surface area contributed by atoms with E-state index in [0.717, 1.165) is 69.5 Å². The van der Waals surface area contributed by atoms with Crippen molar-refractivity contribution in [2.75, 3.05) is 18.4 Å². The van der Waals surface area contributed by atoms with Crippen molar-refractivity contribution >= 4 is 46.2 Å². The molecule has 0 aliphatic carbocycles. The second-order valence-electron chi connectivity index (χ2n) is 14.9. The Morgan fingerprint density at radius 1 is 0.963 bits per heavy atom. The number of pyridine rings is 2. The second kappa shape index (κ2) is 16.4. The number of amides is 5. The van der Waals surface area contributed by atoms with Gasteiger partial charge in [-0.25, -0.2) is 14.6 Å². The van der Waals surface area contributed by atoms with E-state index >= 15 is 0 Å². The molecule has 13 nitrogen and oxygen atoms in total. The number of carbonyl (C=O) groups excluding carboxylic acids is 3. The highest BCUT2D eigenvalue weighted by Crippen LogP contribution is 2.32. The van der Waals surface area contributed by atoms with Gasteiger partial charge in [0.15, 0.2) is 0 Å². The Hall–Kier alpha value is -5.85. The summed E-state index contributed by atoms with van der Waals surface area (Å²) in [5, 5.41) is 22.9. The van der Waals surface area contributed by atoms with Crippen LogP contribution in [-0.2, 0) is 22.7 Å². The molecule has 0 fully saturated rings. The Bertz CT molecular complexity index is 2020. The van der Waals surface area contributed by atoms with Crippen molar-refractivity contribution < 1.29 is 24.3 Å². The monoisotopic (exact) mass is 732 g/mol. The summed E-state index contributed by atoms with van der Waals surface area (Å²) in [5.41, 5.74) is 5.47. The summed E-state index contributed by atoms with van der Waals surface area (Å²) < 4.78 is 0. The number of anilines is 1. The molecule has 2 atom stereocenters. The quantitative estimate of drug-likeness (QED) is 0.136. The van der Waals surface area contributed by atoms with Gasteiger partial charge in [0, 0.05) is 67.8 Å². The molecule has 13 heteroatoms. The fourth-order valence-electron chi connectivity index (χ4n) is 7.15. The average molecular weight is 733 g/mol. The number of urea groups is 1. The Morgan fingerprint density at radius 3 is 2.46 bits per heavy atom. The minimum absolute atomic E-state index is 0.0668. The largest absolute Gasteiger partial charge is 0.465 e. The number of aromatic nitrogens is 2. The van der Waals surface area contributed by atoms with Gasteiger partial charge in [-0.05, 0) is 93.1 Å². The number of hydrazone groups is 1. The summed E-state index contributed by atoms with van der Waals surface area (Å²) in [6.07, 6.45) is 7.66. The molecule has 0 bridgehead atoms. The van der Waals surface area contributed by atoms with E-state index in [1.54, 1.807) is 56.2 Å². The molecule has 6 rings (SSSR count). The number of carboxylic acid groups (broad SMARTS) is 1. The lowest BCUT2D eigenvalue weighted by Gasteiger charge is -2.37. The van der Waals surface area contributed by atoms with E-state index in [9.17, 15) is 24.3 Å². The van der Waals surface area contributed by atoms with Crippen molar-refractivity contribution in [3.8, 4) is 0 Å². The standard InChI is InChI=1S/C41H48N8O5/c1-27(49(40(53)54)41(2,3)4)37(50)44-18-7-5-6-8-21-48-38(51)34(30-12-11-28-10-9-19-43-35(28)22-30)23-36(46-48)29-13-15-33(16-14-29)45-39(52)47-25-31-17-20-42-24-32(31)26-47/h9-17,19-20,22,24,27,34H,5-8,18,21,23,25-26H2,1-4H3,(H,44,50)(H,45,52)(H,53,54)/t27-,34?/m0/s1. The van der Waals surface area contributed by atoms with E-state index in [0.29, 0.717) is 38.3 Å². The Morgan fingerprint density at radius 2 is 1.72 bits per heavy atom. The molecule has 0 saturated heterocycles. The van der Waals surface area contributed by atoms with Crippen LogP contribution in [0.5, 0.6) is 0 Å². The van der Waals surface area contributed by atoms with E-state index in [4.69, 9.17) is 5.10 Å². The van der Waals surface area contributed by atoms with E-state index < -0.39 is 23.6 Å². The minimum atomic E-state index is -1.13. The molecule has 3 N–H and O–H groups in total. The lowest BCUT2D eigenvalue weighted by Crippen LogP contribution is -2.55. The van der Waals surface area contributed by atoms with Gasteiger partial charge in [-0.1, -0.05) is 43.2 Å². The Kier molecular flexibility index (Phi) is 11.5. The van der Waals surface area contributed by atoms with Crippen LogP contribution in [0.4, 0.5) is 15.3 Å². The molecule has 0 spiro atoms. The van der Waals surface area contributed by atoms with Crippen LogP contribution in [-0.4, -0.2) is 84.2 Å². The summed E-state index contributed by atoms with van der Waals surface area (Å²) in [5.74, 6) is -0.832. The van der Waals surface area contributed by atoms with Gasteiger partial charge in [-0.15, -0.1) is 0 Å².